The Morgan fingerprint density at radius 2 is 1.75 bits per heavy atom. The van der Waals surface area contributed by atoms with Crippen LogP contribution < -0.4 is 14.8 Å². The number of halogens is 1. The zero-order valence-electron chi connectivity index (χ0n) is 13.1. The lowest BCUT2D eigenvalue weighted by atomic mass is 10.1. The van der Waals surface area contributed by atoms with Crippen LogP contribution in [0.3, 0.4) is 0 Å². The first-order chi connectivity index (χ1) is 11.3. The average Bonchev–Trinajstić information content (AvgIpc) is 2.58. The maximum Gasteiger partial charge on any atom is 0.261 e. The summed E-state index contributed by atoms with van der Waals surface area (Å²) < 4.78 is 33.1. The van der Waals surface area contributed by atoms with Gasteiger partial charge in [-0.15, -0.1) is 0 Å². The van der Waals surface area contributed by atoms with E-state index in [0.717, 1.165) is 0 Å². The van der Waals surface area contributed by atoms with E-state index in [0.29, 0.717) is 22.6 Å². The van der Waals surface area contributed by atoms with E-state index >= 15 is 0 Å². The third kappa shape index (κ3) is 4.39. The van der Waals surface area contributed by atoms with Gasteiger partial charge in [0, 0.05) is 28.4 Å². The Labute approximate surface area is 144 Å². The molecule has 2 rings (SSSR count). The number of amides is 1. The van der Waals surface area contributed by atoms with Gasteiger partial charge >= 0.3 is 0 Å². The molecule has 0 radical (unpaired) electrons. The fourth-order valence-electron chi connectivity index (χ4n) is 2.06. The lowest BCUT2D eigenvalue weighted by Crippen LogP contribution is -2.23. The summed E-state index contributed by atoms with van der Waals surface area (Å²) in [6.45, 7) is 0.0916. The van der Waals surface area contributed by atoms with Gasteiger partial charge in [-0.1, -0.05) is 0 Å². The molecule has 0 heterocycles. The summed E-state index contributed by atoms with van der Waals surface area (Å²) in [4.78, 5) is 12.1. The molecule has 0 spiro atoms. The Hall–Kier alpha value is -2.25. The maximum atomic E-state index is 12.2. The highest BCUT2D eigenvalue weighted by atomic mass is 35.7. The summed E-state index contributed by atoms with van der Waals surface area (Å²) in [5.74, 6) is 0.793. The molecular weight excluding hydrogens is 354 g/mol. The first-order valence-corrected chi connectivity index (χ1v) is 9.20. The van der Waals surface area contributed by atoms with Gasteiger partial charge in [-0.05, 0) is 42.5 Å². The average molecular weight is 370 g/mol. The van der Waals surface area contributed by atoms with Crippen molar-refractivity contribution >= 4 is 25.6 Å². The van der Waals surface area contributed by atoms with E-state index < -0.39 is 9.05 Å². The first-order valence-electron chi connectivity index (χ1n) is 6.89. The number of carbonyl (C=O) groups excluding carboxylic acids is 1. The van der Waals surface area contributed by atoms with Gasteiger partial charge in [0.15, 0.2) is 0 Å². The number of rotatable bonds is 6. The quantitative estimate of drug-likeness (QED) is 0.791. The minimum atomic E-state index is -3.86. The van der Waals surface area contributed by atoms with Crippen molar-refractivity contribution in [2.45, 2.75) is 11.4 Å². The summed E-state index contributed by atoms with van der Waals surface area (Å²) in [6.07, 6.45) is 0. The second kappa shape index (κ2) is 7.55. The van der Waals surface area contributed by atoms with Crippen LogP contribution in [0.4, 0.5) is 0 Å². The summed E-state index contributed by atoms with van der Waals surface area (Å²) in [6, 6.07) is 10.8. The van der Waals surface area contributed by atoms with Crippen LogP contribution in [0.1, 0.15) is 15.9 Å². The molecule has 0 saturated carbocycles. The van der Waals surface area contributed by atoms with Crippen LogP contribution >= 0.6 is 10.7 Å². The van der Waals surface area contributed by atoms with Crippen molar-refractivity contribution in [1.29, 1.82) is 0 Å². The van der Waals surface area contributed by atoms with Crippen LogP contribution in [0.15, 0.2) is 47.4 Å². The summed E-state index contributed by atoms with van der Waals surface area (Å²) in [5, 5.41) is 2.71. The molecule has 24 heavy (non-hydrogen) atoms. The number of benzene rings is 2. The molecule has 0 saturated heterocycles. The van der Waals surface area contributed by atoms with Crippen LogP contribution in [0.25, 0.3) is 0 Å². The molecule has 1 amide bonds. The van der Waals surface area contributed by atoms with E-state index in [2.05, 4.69) is 5.32 Å². The van der Waals surface area contributed by atoms with Gasteiger partial charge in [0.05, 0.1) is 19.1 Å². The summed E-state index contributed by atoms with van der Waals surface area (Å²) >= 11 is 0. The predicted octanol–water partition coefficient (Wildman–Crippen LogP) is 2.56. The Morgan fingerprint density at radius 3 is 2.29 bits per heavy atom. The molecule has 0 aliphatic carbocycles. The second-order valence-electron chi connectivity index (χ2n) is 4.82. The SMILES string of the molecule is COc1ccc(C(=O)NCc2cc(S(=O)(=O)Cl)ccc2OC)cc1. The number of nitrogens with one attached hydrogen (secondary N) is 1. The number of methoxy groups -OCH3 is 2. The monoisotopic (exact) mass is 369 g/mol. The highest BCUT2D eigenvalue weighted by Gasteiger charge is 2.14. The molecule has 2 aromatic rings. The molecule has 0 fully saturated rings. The minimum absolute atomic E-state index is 0.0568. The molecule has 2 aromatic carbocycles. The molecule has 128 valence electrons. The second-order valence-corrected chi connectivity index (χ2v) is 7.39. The van der Waals surface area contributed by atoms with E-state index in [-0.39, 0.29) is 17.3 Å². The zero-order valence-corrected chi connectivity index (χ0v) is 14.6. The van der Waals surface area contributed by atoms with Gasteiger partial charge in [-0.3, -0.25) is 4.79 Å². The van der Waals surface area contributed by atoms with E-state index in [1.165, 1.54) is 25.3 Å². The number of hydrogen-bond donors (Lipinski definition) is 1. The Morgan fingerprint density at radius 1 is 1.08 bits per heavy atom. The Balaban J connectivity index is 2.16. The van der Waals surface area contributed by atoms with Crippen LogP contribution in [0.5, 0.6) is 11.5 Å². The summed E-state index contributed by atoms with van der Waals surface area (Å²) in [5.41, 5.74) is 0.956. The van der Waals surface area contributed by atoms with Crippen LogP contribution in [0.2, 0.25) is 0 Å². The molecule has 0 aliphatic heterocycles. The van der Waals surface area contributed by atoms with Crippen molar-refractivity contribution < 1.29 is 22.7 Å². The third-order valence-electron chi connectivity index (χ3n) is 3.33. The van der Waals surface area contributed by atoms with Crippen molar-refractivity contribution in [1.82, 2.24) is 5.32 Å². The first kappa shape index (κ1) is 18.1. The van der Waals surface area contributed by atoms with Crippen LogP contribution in [-0.2, 0) is 15.6 Å². The van der Waals surface area contributed by atoms with Gasteiger partial charge in [-0.25, -0.2) is 8.42 Å². The Kier molecular flexibility index (Phi) is 5.69. The van der Waals surface area contributed by atoms with Gasteiger partial charge in [-0.2, -0.15) is 0 Å². The van der Waals surface area contributed by atoms with E-state index in [1.54, 1.807) is 31.4 Å². The maximum absolute atomic E-state index is 12.2. The molecule has 0 bridgehead atoms. The van der Waals surface area contributed by atoms with E-state index in [1.807, 2.05) is 0 Å². The minimum Gasteiger partial charge on any atom is -0.497 e. The number of hydrogen-bond acceptors (Lipinski definition) is 5. The topological polar surface area (TPSA) is 81.7 Å². The normalized spacial score (nSPS) is 11.0. The van der Waals surface area contributed by atoms with E-state index in [4.69, 9.17) is 20.2 Å². The largest absolute Gasteiger partial charge is 0.497 e. The smallest absolute Gasteiger partial charge is 0.261 e. The fourth-order valence-corrected chi connectivity index (χ4v) is 2.87. The lowest BCUT2D eigenvalue weighted by molar-refractivity contribution is 0.0950. The number of ether oxygens (including phenoxy) is 2. The molecule has 6 nitrogen and oxygen atoms in total. The molecule has 0 unspecified atom stereocenters. The molecular formula is C16H16ClNO5S. The third-order valence-corrected chi connectivity index (χ3v) is 4.68. The van der Waals surface area contributed by atoms with Gasteiger partial charge in [0.25, 0.3) is 15.0 Å². The van der Waals surface area contributed by atoms with Crippen molar-refractivity contribution in [2.24, 2.45) is 0 Å². The molecule has 0 atom stereocenters. The standard InChI is InChI=1S/C16H16ClNO5S/c1-22-13-5-3-11(4-6-13)16(19)18-10-12-9-14(24(17,20)21)7-8-15(12)23-2/h3-9H,10H2,1-2H3,(H,18,19). The van der Waals surface area contributed by atoms with Crippen LogP contribution in [-0.4, -0.2) is 28.5 Å². The van der Waals surface area contributed by atoms with Gasteiger partial charge < -0.3 is 14.8 Å². The molecule has 8 heteroatoms. The van der Waals surface area contributed by atoms with Crippen molar-refractivity contribution in [3.63, 3.8) is 0 Å². The highest BCUT2D eigenvalue weighted by Crippen LogP contribution is 2.24. The Bertz CT molecular complexity index is 834. The molecule has 1 N–H and O–H groups in total. The molecule has 0 aliphatic rings. The van der Waals surface area contributed by atoms with Crippen molar-refractivity contribution in [3.05, 3.63) is 53.6 Å². The van der Waals surface area contributed by atoms with Crippen LogP contribution in [0, 0.1) is 0 Å². The summed E-state index contributed by atoms with van der Waals surface area (Å²) in [7, 11) is 4.49. The van der Waals surface area contributed by atoms with E-state index in [9.17, 15) is 13.2 Å². The predicted molar refractivity (Wildman–Crippen MR) is 90.2 cm³/mol. The molecule has 0 aromatic heterocycles. The highest BCUT2D eigenvalue weighted by molar-refractivity contribution is 8.13. The van der Waals surface area contributed by atoms with Gasteiger partial charge in [0.1, 0.15) is 11.5 Å². The lowest BCUT2D eigenvalue weighted by Gasteiger charge is -2.11. The number of carbonyl (C=O) groups is 1. The fraction of sp³-hybridized carbons (Fsp3) is 0.188. The zero-order chi connectivity index (χ0) is 17.7. The van der Waals surface area contributed by atoms with Gasteiger partial charge in [0.2, 0.25) is 0 Å². The van der Waals surface area contributed by atoms with Crippen molar-refractivity contribution in [2.75, 3.05) is 14.2 Å². The van der Waals surface area contributed by atoms with Crippen molar-refractivity contribution in [3.8, 4) is 11.5 Å².